The summed E-state index contributed by atoms with van der Waals surface area (Å²) in [5, 5.41) is 8.61. The SMILES string of the molecule is Clc1ccc(Cn2nncc2CBr)s1. The van der Waals surface area contributed by atoms with E-state index in [-0.39, 0.29) is 0 Å². The molecular weight excluding hydrogens is 286 g/mol. The average Bonchev–Trinajstić information content (AvgIpc) is 2.76. The van der Waals surface area contributed by atoms with Crippen LogP contribution in [-0.4, -0.2) is 15.0 Å². The van der Waals surface area contributed by atoms with Crippen molar-refractivity contribution >= 4 is 38.9 Å². The normalized spacial score (nSPS) is 10.7. The van der Waals surface area contributed by atoms with Crippen LogP contribution in [0, 0.1) is 0 Å². The summed E-state index contributed by atoms with van der Waals surface area (Å²) in [6, 6.07) is 3.90. The predicted molar refractivity (Wildman–Crippen MR) is 61.1 cm³/mol. The summed E-state index contributed by atoms with van der Waals surface area (Å²) in [4.78, 5) is 1.18. The Balaban J connectivity index is 2.18. The van der Waals surface area contributed by atoms with Crippen LogP contribution in [0.4, 0.5) is 0 Å². The van der Waals surface area contributed by atoms with Gasteiger partial charge in [0.25, 0.3) is 0 Å². The molecule has 0 aliphatic carbocycles. The van der Waals surface area contributed by atoms with Crippen molar-refractivity contribution in [2.24, 2.45) is 0 Å². The number of thiophene rings is 1. The second-order valence-corrected chi connectivity index (χ2v) is 5.08. The molecule has 0 radical (unpaired) electrons. The lowest BCUT2D eigenvalue weighted by Gasteiger charge is -2.00. The summed E-state index contributed by atoms with van der Waals surface area (Å²) in [5.74, 6) is 0. The lowest BCUT2D eigenvalue weighted by Crippen LogP contribution is -2.03. The summed E-state index contributed by atoms with van der Waals surface area (Å²) >= 11 is 10.8. The minimum Gasteiger partial charge on any atom is -0.243 e. The molecule has 0 spiro atoms. The molecule has 0 aliphatic heterocycles. The molecule has 6 heteroatoms. The van der Waals surface area contributed by atoms with Crippen LogP contribution in [0.1, 0.15) is 10.6 Å². The fraction of sp³-hybridized carbons (Fsp3) is 0.250. The van der Waals surface area contributed by atoms with Crippen molar-refractivity contribution in [2.45, 2.75) is 11.9 Å². The number of alkyl halides is 1. The van der Waals surface area contributed by atoms with Crippen LogP contribution in [0.25, 0.3) is 0 Å². The molecule has 2 heterocycles. The summed E-state index contributed by atoms with van der Waals surface area (Å²) < 4.78 is 2.66. The highest BCUT2D eigenvalue weighted by Gasteiger charge is 2.04. The highest BCUT2D eigenvalue weighted by atomic mass is 79.9. The molecule has 0 N–H and O–H groups in total. The second-order valence-electron chi connectivity index (χ2n) is 2.72. The molecule has 0 atom stereocenters. The third-order valence-corrected chi connectivity index (χ3v) is 3.56. The molecule has 0 saturated heterocycles. The molecule has 0 saturated carbocycles. The molecule has 0 aliphatic rings. The quantitative estimate of drug-likeness (QED) is 0.814. The van der Waals surface area contributed by atoms with Gasteiger partial charge in [-0.05, 0) is 12.1 Å². The van der Waals surface area contributed by atoms with E-state index in [4.69, 9.17) is 11.6 Å². The Morgan fingerprint density at radius 2 is 2.36 bits per heavy atom. The van der Waals surface area contributed by atoms with E-state index in [1.165, 1.54) is 4.88 Å². The third-order valence-electron chi connectivity index (χ3n) is 1.77. The van der Waals surface area contributed by atoms with E-state index in [1.54, 1.807) is 17.5 Å². The standard InChI is InChI=1S/C8H7BrClN3S/c9-3-6-4-11-12-13(6)5-7-1-2-8(10)14-7/h1-2,4H,3,5H2. The van der Waals surface area contributed by atoms with Gasteiger partial charge in [0.1, 0.15) is 0 Å². The van der Waals surface area contributed by atoms with E-state index in [2.05, 4.69) is 26.2 Å². The Morgan fingerprint density at radius 1 is 1.50 bits per heavy atom. The van der Waals surface area contributed by atoms with Gasteiger partial charge in [-0.2, -0.15) is 0 Å². The van der Waals surface area contributed by atoms with Crippen LogP contribution in [0.3, 0.4) is 0 Å². The molecule has 2 aromatic heterocycles. The van der Waals surface area contributed by atoms with Crippen molar-refractivity contribution in [2.75, 3.05) is 0 Å². The van der Waals surface area contributed by atoms with E-state index >= 15 is 0 Å². The third kappa shape index (κ3) is 2.16. The van der Waals surface area contributed by atoms with Crippen LogP contribution in [-0.2, 0) is 11.9 Å². The highest BCUT2D eigenvalue weighted by Crippen LogP contribution is 2.22. The molecular formula is C8H7BrClN3S. The van der Waals surface area contributed by atoms with E-state index in [9.17, 15) is 0 Å². The summed E-state index contributed by atoms with van der Waals surface area (Å²) in [5.41, 5.74) is 1.06. The molecule has 0 aromatic carbocycles. The minimum absolute atomic E-state index is 0.734. The topological polar surface area (TPSA) is 30.7 Å². The van der Waals surface area contributed by atoms with Crippen molar-refractivity contribution in [3.05, 3.63) is 33.2 Å². The highest BCUT2D eigenvalue weighted by molar-refractivity contribution is 9.08. The number of aromatic nitrogens is 3. The van der Waals surface area contributed by atoms with Gasteiger partial charge in [0.2, 0.25) is 0 Å². The molecule has 2 aromatic rings. The average molecular weight is 293 g/mol. The molecule has 2 rings (SSSR count). The van der Waals surface area contributed by atoms with Crippen LogP contribution in [0.15, 0.2) is 18.3 Å². The predicted octanol–water partition coefficient (Wildman–Crippen LogP) is 2.94. The molecule has 3 nitrogen and oxygen atoms in total. The van der Waals surface area contributed by atoms with Gasteiger partial charge < -0.3 is 0 Å². The van der Waals surface area contributed by atoms with Gasteiger partial charge in [0, 0.05) is 10.2 Å². The molecule has 0 amide bonds. The minimum atomic E-state index is 0.734. The first-order valence-electron chi connectivity index (χ1n) is 3.97. The number of halogens is 2. The van der Waals surface area contributed by atoms with Gasteiger partial charge in [-0.25, -0.2) is 4.68 Å². The lowest BCUT2D eigenvalue weighted by molar-refractivity contribution is 0.638. The number of nitrogens with zero attached hydrogens (tertiary/aromatic N) is 3. The Morgan fingerprint density at radius 3 is 3.00 bits per heavy atom. The zero-order valence-electron chi connectivity index (χ0n) is 7.15. The van der Waals surface area contributed by atoms with Gasteiger partial charge in [-0.15, -0.1) is 16.4 Å². The van der Waals surface area contributed by atoms with E-state index in [1.807, 2.05) is 16.8 Å². The largest absolute Gasteiger partial charge is 0.243 e. The van der Waals surface area contributed by atoms with Gasteiger partial charge in [-0.3, -0.25) is 0 Å². The van der Waals surface area contributed by atoms with Crippen LogP contribution in [0.5, 0.6) is 0 Å². The Kier molecular flexibility index (Phi) is 3.20. The van der Waals surface area contributed by atoms with E-state index in [0.29, 0.717) is 0 Å². The second kappa shape index (κ2) is 4.42. The van der Waals surface area contributed by atoms with E-state index in [0.717, 1.165) is 21.9 Å². The Bertz CT molecular complexity index is 426. The van der Waals surface area contributed by atoms with Crippen molar-refractivity contribution in [1.82, 2.24) is 15.0 Å². The number of rotatable bonds is 3. The van der Waals surface area contributed by atoms with E-state index < -0.39 is 0 Å². The Labute approximate surface area is 98.8 Å². The van der Waals surface area contributed by atoms with Crippen molar-refractivity contribution in [3.8, 4) is 0 Å². The van der Waals surface area contributed by atoms with Crippen LogP contribution >= 0.6 is 38.9 Å². The molecule has 74 valence electrons. The first kappa shape index (κ1) is 10.1. The monoisotopic (exact) mass is 291 g/mol. The maximum atomic E-state index is 5.84. The molecule has 0 fully saturated rings. The van der Waals surface area contributed by atoms with Crippen LogP contribution < -0.4 is 0 Å². The van der Waals surface area contributed by atoms with Gasteiger partial charge >= 0.3 is 0 Å². The number of hydrogen-bond acceptors (Lipinski definition) is 3. The maximum absolute atomic E-state index is 5.84. The summed E-state index contributed by atoms with van der Waals surface area (Å²) in [6.07, 6.45) is 1.75. The van der Waals surface area contributed by atoms with Gasteiger partial charge in [-0.1, -0.05) is 32.7 Å². The maximum Gasteiger partial charge on any atom is 0.0931 e. The fourth-order valence-corrected chi connectivity index (χ4v) is 2.60. The smallest absolute Gasteiger partial charge is 0.0931 e. The van der Waals surface area contributed by atoms with Crippen molar-refractivity contribution < 1.29 is 0 Å². The summed E-state index contributed by atoms with van der Waals surface area (Å²) in [7, 11) is 0. The van der Waals surface area contributed by atoms with Crippen LogP contribution in [0.2, 0.25) is 4.34 Å². The molecule has 0 bridgehead atoms. The zero-order chi connectivity index (χ0) is 9.97. The summed E-state index contributed by atoms with van der Waals surface area (Å²) in [6.45, 7) is 0.734. The zero-order valence-corrected chi connectivity index (χ0v) is 10.3. The first-order chi connectivity index (χ1) is 6.79. The number of hydrogen-bond donors (Lipinski definition) is 0. The van der Waals surface area contributed by atoms with Gasteiger partial charge in [0.15, 0.2) is 0 Å². The lowest BCUT2D eigenvalue weighted by atomic mass is 10.4. The fourth-order valence-electron chi connectivity index (χ4n) is 1.10. The first-order valence-corrected chi connectivity index (χ1v) is 6.28. The Hall–Kier alpha value is -0.390. The van der Waals surface area contributed by atoms with Crippen molar-refractivity contribution in [3.63, 3.8) is 0 Å². The van der Waals surface area contributed by atoms with Gasteiger partial charge in [0.05, 0.1) is 22.8 Å². The van der Waals surface area contributed by atoms with Crippen molar-refractivity contribution in [1.29, 1.82) is 0 Å². The molecule has 0 unspecified atom stereocenters. The molecule has 14 heavy (non-hydrogen) atoms.